The summed E-state index contributed by atoms with van der Waals surface area (Å²) < 4.78 is 5.67. The van der Waals surface area contributed by atoms with Gasteiger partial charge >= 0.3 is 0 Å². The zero-order valence-corrected chi connectivity index (χ0v) is 12.9. The second-order valence-corrected chi connectivity index (χ2v) is 5.81. The second kappa shape index (κ2) is 6.65. The fraction of sp³-hybridized carbons (Fsp3) is 0.316. The number of fused-ring (bicyclic) bond motifs is 1. The van der Waals surface area contributed by atoms with Crippen LogP contribution < -0.4 is 4.74 Å². The molecular weight excluding hydrogens is 274 g/mol. The van der Waals surface area contributed by atoms with E-state index in [0.29, 0.717) is 19.6 Å². The molecule has 0 saturated heterocycles. The molecule has 0 N–H and O–H groups in total. The first-order valence-corrected chi connectivity index (χ1v) is 7.73. The number of amides is 1. The Bertz CT molecular complexity index is 639. The molecule has 0 aromatic heterocycles. The first-order chi connectivity index (χ1) is 10.7. The number of ether oxygens (including phenoxy) is 1. The van der Waals surface area contributed by atoms with E-state index >= 15 is 0 Å². The minimum absolute atomic E-state index is 0.186. The van der Waals surface area contributed by atoms with Gasteiger partial charge < -0.3 is 9.64 Å². The van der Waals surface area contributed by atoms with Gasteiger partial charge in [0, 0.05) is 20.0 Å². The van der Waals surface area contributed by atoms with Crippen molar-refractivity contribution in [2.24, 2.45) is 0 Å². The molecule has 0 radical (unpaired) electrons. The molecule has 3 nitrogen and oxygen atoms in total. The molecule has 114 valence electrons. The molecule has 3 rings (SSSR count). The van der Waals surface area contributed by atoms with E-state index in [1.807, 2.05) is 60.5 Å². The highest BCUT2D eigenvalue weighted by Crippen LogP contribution is 2.35. The van der Waals surface area contributed by atoms with Crippen LogP contribution in [0.25, 0.3) is 0 Å². The summed E-state index contributed by atoms with van der Waals surface area (Å²) in [6.07, 6.45) is 1.45. The van der Waals surface area contributed by atoms with Crippen LogP contribution in [0.15, 0.2) is 54.6 Å². The van der Waals surface area contributed by atoms with Crippen LogP contribution in [-0.2, 0) is 11.3 Å². The number of carbonyl (C=O) groups excluding carboxylic acids is 1. The number of rotatable bonds is 4. The van der Waals surface area contributed by atoms with E-state index in [2.05, 4.69) is 6.07 Å². The van der Waals surface area contributed by atoms with Crippen molar-refractivity contribution in [2.45, 2.75) is 25.3 Å². The monoisotopic (exact) mass is 295 g/mol. The van der Waals surface area contributed by atoms with Gasteiger partial charge in [0.2, 0.25) is 5.91 Å². The van der Waals surface area contributed by atoms with E-state index in [1.54, 1.807) is 0 Å². The van der Waals surface area contributed by atoms with E-state index < -0.39 is 0 Å². The molecule has 1 aliphatic rings. The summed E-state index contributed by atoms with van der Waals surface area (Å²) in [4.78, 5) is 14.3. The van der Waals surface area contributed by atoms with Gasteiger partial charge in [0.05, 0.1) is 6.61 Å². The first-order valence-electron chi connectivity index (χ1n) is 7.73. The number of nitrogens with zero attached hydrogens (tertiary/aromatic N) is 1. The molecule has 1 aliphatic heterocycles. The Balaban J connectivity index is 1.65. The van der Waals surface area contributed by atoms with Crippen LogP contribution in [0.1, 0.15) is 29.9 Å². The van der Waals surface area contributed by atoms with Gasteiger partial charge in [0.15, 0.2) is 0 Å². The average Bonchev–Trinajstić information content (AvgIpc) is 2.56. The molecule has 0 fully saturated rings. The van der Waals surface area contributed by atoms with Crippen LogP contribution in [0.2, 0.25) is 0 Å². The Kier molecular flexibility index (Phi) is 4.42. The van der Waals surface area contributed by atoms with Gasteiger partial charge in [0.25, 0.3) is 0 Å². The number of carbonyl (C=O) groups is 1. The lowest BCUT2D eigenvalue weighted by molar-refractivity contribution is -0.131. The molecule has 2 aromatic rings. The van der Waals surface area contributed by atoms with E-state index in [0.717, 1.165) is 23.3 Å². The summed E-state index contributed by atoms with van der Waals surface area (Å²) >= 11 is 0. The largest absolute Gasteiger partial charge is 0.493 e. The predicted octanol–water partition coefficient (Wildman–Crippen LogP) is 3.60. The van der Waals surface area contributed by atoms with Crippen LogP contribution in [0.3, 0.4) is 0 Å². The SMILES string of the molecule is CN(Cc1ccccc1)C(=O)CC1CCOc2ccccc21. The topological polar surface area (TPSA) is 29.5 Å². The van der Waals surface area contributed by atoms with Crippen LogP contribution >= 0.6 is 0 Å². The third-order valence-corrected chi connectivity index (χ3v) is 4.19. The number of benzene rings is 2. The Morgan fingerprint density at radius 1 is 1.14 bits per heavy atom. The maximum absolute atomic E-state index is 12.5. The highest BCUT2D eigenvalue weighted by molar-refractivity contribution is 5.77. The maximum atomic E-state index is 12.5. The van der Waals surface area contributed by atoms with Crippen molar-refractivity contribution in [3.63, 3.8) is 0 Å². The van der Waals surface area contributed by atoms with Crippen LogP contribution in [0, 0.1) is 0 Å². The standard InChI is InChI=1S/C19H21NO2/c1-20(14-15-7-3-2-4-8-15)19(21)13-16-11-12-22-18-10-6-5-9-17(16)18/h2-10,16H,11-14H2,1H3. The molecule has 3 heteroatoms. The highest BCUT2D eigenvalue weighted by atomic mass is 16.5. The van der Waals surface area contributed by atoms with Crippen molar-refractivity contribution in [2.75, 3.05) is 13.7 Å². The van der Waals surface area contributed by atoms with E-state index in [9.17, 15) is 4.79 Å². The molecule has 1 amide bonds. The first kappa shape index (κ1) is 14.6. The summed E-state index contributed by atoms with van der Waals surface area (Å²) in [6.45, 7) is 1.35. The van der Waals surface area contributed by atoms with Crippen LogP contribution in [0.5, 0.6) is 5.75 Å². The summed E-state index contributed by atoms with van der Waals surface area (Å²) in [7, 11) is 1.88. The van der Waals surface area contributed by atoms with Crippen molar-refractivity contribution >= 4 is 5.91 Å². The summed E-state index contributed by atoms with van der Waals surface area (Å²) in [6, 6.07) is 18.1. The van der Waals surface area contributed by atoms with Gasteiger partial charge in [-0.1, -0.05) is 48.5 Å². The molecule has 1 unspecified atom stereocenters. The predicted molar refractivity (Wildman–Crippen MR) is 86.8 cm³/mol. The lowest BCUT2D eigenvalue weighted by Crippen LogP contribution is -2.28. The summed E-state index contributed by atoms with van der Waals surface area (Å²) in [5.41, 5.74) is 2.32. The van der Waals surface area contributed by atoms with Gasteiger partial charge in [-0.25, -0.2) is 0 Å². The highest BCUT2D eigenvalue weighted by Gasteiger charge is 2.24. The molecule has 0 aliphatic carbocycles. The zero-order valence-electron chi connectivity index (χ0n) is 12.9. The van der Waals surface area contributed by atoms with Crippen LogP contribution in [0.4, 0.5) is 0 Å². The minimum atomic E-state index is 0.186. The molecular formula is C19H21NO2. The molecule has 1 heterocycles. The maximum Gasteiger partial charge on any atom is 0.223 e. The lowest BCUT2D eigenvalue weighted by Gasteiger charge is -2.27. The number of hydrogen-bond donors (Lipinski definition) is 0. The van der Waals surface area contributed by atoms with Crippen molar-refractivity contribution in [3.8, 4) is 5.75 Å². The normalized spacial score (nSPS) is 16.5. The average molecular weight is 295 g/mol. The van der Waals surface area contributed by atoms with Gasteiger partial charge in [-0.15, -0.1) is 0 Å². The molecule has 22 heavy (non-hydrogen) atoms. The molecule has 0 bridgehead atoms. The smallest absolute Gasteiger partial charge is 0.223 e. The summed E-state index contributed by atoms with van der Waals surface area (Å²) in [5.74, 6) is 1.37. The second-order valence-electron chi connectivity index (χ2n) is 5.81. The molecule has 1 atom stereocenters. The van der Waals surface area contributed by atoms with E-state index in [1.165, 1.54) is 0 Å². The molecule has 0 spiro atoms. The van der Waals surface area contributed by atoms with Crippen LogP contribution in [-0.4, -0.2) is 24.5 Å². The van der Waals surface area contributed by atoms with E-state index in [4.69, 9.17) is 4.74 Å². The third kappa shape index (κ3) is 3.30. The van der Waals surface area contributed by atoms with E-state index in [-0.39, 0.29) is 11.8 Å². The molecule has 2 aromatic carbocycles. The summed E-state index contributed by atoms with van der Waals surface area (Å²) in [5, 5.41) is 0. The number of para-hydroxylation sites is 1. The zero-order chi connectivity index (χ0) is 15.4. The Labute approximate surface area is 131 Å². The van der Waals surface area contributed by atoms with Gasteiger partial charge in [-0.3, -0.25) is 4.79 Å². The Morgan fingerprint density at radius 2 is 1.86 bits per heavy atom. The van der Waals surface area contributed by atoms with Crippen molar-refractivity contribution in [3.05, 3.63) is 65.7 Å². The van der Waals surface area contributed by atoms with Gasteiger partial charge in [-0.05, 0) is 29.5 Å². The van der Waals surface area contributed by atoms with Crippen molar-refractivity contribution in [1.82, 2.24) is 4.90 Å². The van der Waals surface area contributed by atoms with Crippen molar-refractivity contribution < 1.29 is 9.53 Å². The fourth-order valence-corrected chi connectivity index (χ4v) is 2.94. The number of hydrogen-bond acceptors (Lipinski definition) is 2. The van der Waals surface area contributed by atoms with Gasteiger partial charge in [-0.2, -0.15) is 0 Å². The third-order valence-electron chi connectivity index (χ3n) is 4.19. The van der Waals surface area contributed by atoms with Gasteiger partial charge in [0.1, 0.15) is 5.75 Å². The lowest BCUT2D eigenvalue weighted by atomic mass is 9.90. The minimum Gasteiger partial charge on any atom is -0.493 e. The van der Waals surface area contributed by atoms with Crippen molar-refractivity contribution in [1.29, 1.82) is 0 Å². The fourth-order valence-electron chi connectivity index (χ4n) is 2.94. The molecule has 0 saturated carbocycles. The Hall–Kier alpha value is -2.29. The Morgan fingerprint density at radius 3 is 2.68 bits per heavy atom. The quantitative estimate of drug-likeness (QED) is 0.862.